The number of nitrogens with zero attached hydrogens (tertiary/aromatic N) is 3. The van der Waals surface area contributed by atoms with Gasteiger partial charge in [0.2, 0.25) is 0 Å². The molecule has 0 fully saturated rings. The number of aryl methyl sites for hydroxylation is 1. The van der Waals surface area contributed by atoms with Crippen molar-refractivity contribution in [1.82, 2.24) is 15.0 Å². The average Bonchev–Trinajstić information content (AvgIpc) is 2.94. The molecule has 3 N–H and O–H groups in total. The van der Waals surface area contributed by atoms with Crippen molar-refractivity contribution in [2.24, 2.45) is 0 Å². The fraction of sp³-hybridized carbons (Fsp3) is 0.462. The molecule has 0 saturated heterocycles. The van der Waals surface area contributed by atoms with E-state index in [1.807, 2.05) is 25.4 Å². The first-order valence-corrected chi connectivity index (χ1v) is 7.26. The van der Waals surface area contributed by atoms with Gasteiger partial charge in [-0.05, 0) is 6.92 Å². The minimum atomic E-state index is 0.348. The lowest BCUT2D eigenvalue weighted by Gasteiger charge is -2.14. The molecule has 1 unspecified atom stereocenters. The van der Waals surface area contributed by atoms with Crippen molar-refractivity contribution in [3.05, 3.63) is 28.0 Å². The molecule has 0 aliphatic heterocycles. The summed E-state index contributed by atoms with van der Waals surface area (Å²) in [5.74, 6) is 2.50. The van der Waals surface area contributed by atoms with E-state index in [1.165, 1.54) is 0 Å². The molecule has 0 aliphatic carbocycles. The monoisotopic (exact) mass is 277 g/mol. The van der Waals surface area contributed by atoms with Crippen molar-refractivity contribution < 1.29 is 0 Å². The van der Waals surface area contributed by atoms with Gasteiger partial charge in [-0.1, -0.05) is 13.8 Å². The molecule has 6 heteroatoms. The van der Waals surface area contributed by atoms with Crippen LogP contribution in [-0.2, 0) is 6.42 Å². The van der Waals surface area contributed by atoms with Gasteiger partial charge >= 0.3 is 0 Å². The van der Waals surface area contributed by atoms with Crippen molar-refractivity contribution in [3.63, 3.8) is 0 Å². The highest BCUT2D eigenvalue weighted by Gasteiger charge is 2.11. The molecule has 19 heavy (non-hydrogen) atoms. The predicted molar refractivity (Wildman–Crippen MR) is 79.6 cm³/mol. The number of thiazole rings is 1. The number of nitrogen functional groups attached to an aromatic ring is 1. The Hall–Kier alpha value is -1.69. The molecule has 2 aromatic heterocycles. The summed E-state index contributed by atoms with van der Waals surface area (Å²) < 4.78 is 0. The Bertz CT molecular complexity index is 538. The van der Waals surface area contributed by atoms with Crippen molar-refractivity contribution in [1.29, 1.82) is 0 Å². The Morgan fingerprint density at radius 1 is 1.42 bits per heavy atom. The predicted octanol–water partition coefficient (Wildman–Crippen LogP) is 2.60. The SMILES string of the molecule is CCc1nc(N)c(C)c(NCC(C)c2nccs2)n1. The molecule has 1 atom stereocenters. The number of nitrogens with two attached hydrogens (primary N) is 1. The number of anilines is 2. The summed E-state index contributed by atoms with van der Waals surface area (Å²) in [7, 11) is 0. The molecule has 0 spiro atoms. The quantitative estimate of drug-likeness (QED) is 0.878. The Kier molecular flexibility index (Phi) is 4.31. The smallest absolute Gasteiger partial charge is 0.134 e. The van der Waals surface area contributed by atoms with Crippen LogP contribution in [-0.4, -0.2) is 21.5 Å². The van der Waals surface area contributed by atoms with Gasteiger partial charge in [0, 0.05) is 36.0 Å². The van der Waals surface area contributed by atoms with Crippen LogP contribution in [0.4, 0.5) is 11.6 Å². The largest absolute Gasteiger partial charge is 0.383 e. The topological polar surface area (TPSA) is 76.7 Å². The van der Waals surface area contributed by atoms with E-state index >= 15 is 0 Å². The van der Waals surface area contributed by atoms with Crippen molar-refractivity contribution in [2.45, 2.75) is 33.1 Å². The van der Waals surface area contributed by atoms with Gasteiger partial charge in [-0.25, -0.2) is 15.0 Å². The third-order valence-corrected chi connectivity index (χ3v) is 4.00. The molecule has 0 aliphatic rings. The maximum Gasteiger partial charge on any atom is 0.134 e. The van der Waals surface area contributed by atoms with E-state index < -0.39 is 0 Å². The molecule has 2 rings (SSSR count). The van der Waals surface area contributed by atoms with E-state index in [1.54, 1.807) is 11.3 Å². The van der Waals surface area contributed by atoms with Gasteiger partial charge in [-0.2, -0.15) is 0 Å². The highest BCUT2D eigenvalue weighted by Crippen LogP contribution is 2.21. The van der Waals surface area contributed by atoms with Crippen LogP contribution >= 0.6 is 11.3 Å². The molecular formula is C13H19N5S. The summed E-state index contributed by atoms with van der Waals surface area (Å²) in [6, 6.07) is 0. The first-order chi connectivity index (χ1) is 9.11. The third-order valence-electron chi connectivity index (χ3n) is 2.99. The van der Waals surface area contributed by atoms with Gasteiger partial charge in [0.15, 0.2) is 0 Å². The molecule has 0 saturated carbocycles. The average molecular weight is 277 g/mol. The highest BCUT2D eigenvalue weighted by molar-refractivity contribution is 7.09. The normalized spacial score (nSPS) is 12.4. The zero-order chi connectivity index (χ0) is 13.8. The third kappa shape index (κ3) is 3.20. The minimum absolute atomic E-state index is 0.348. The fourth-order valence-electron chi connectivity index (χ4n) is 1.73. The molecule has 0 amide bonds. The van der Waals surface area contributed by atoms with Gasteiger partial charge in [0.25, 0.3) is 0 Å². The summed E-state index contributed by atoms with van der Waals surface area (Å²) in [5, 5.41) is 6.47. The standard InChI is InChI=1S/C13H19N5S/c1-4-10-17-11(14)9(3)12(18-10)16-7-8(2)13-15-5-6-19-13/h5-6,8H,4,7H2,1-3H3,(H3,14,16,17,18). The zero-order valence-corrected chi connectivity index (χ0v) is 12.3. The van der Waals surface area contributed by atoms with Gasteiger partial charge in [-0.3, -0.25) is 0 Å². The van der Waals surface area contributed by atoms with Crippen molar-refractivity contribution >= 4 is 23.0 Å². The molecule has 0 bridgehead atoms. The number of aromatic nitrogens is 3. The number of hydrogen-bond acceptors (Lipinski definition) is 6. The zero-order valence-electron chi connectivity index (χ0n) is 11.5. The van der Waals surface area contributed by atoms with Crippen LogP contribution in [0.3, 0.4) is 0 Å². The summed E-state index contributed by atoms with van der Waals surface area (Å²) in [6.07, 6.45) is 2.61. The molecule has 102 valence electrons. The summed E-state index contributed by atoms with van der Waals surface area (Å²) in [5.41, 5.74) is 6.80. The van der Waals surface area contributed by atoms with E-state index in [-0.39, 0.29) is 0 Å². The summed E-state index contributed by atoms with van der Waals surface area (Å²) in [6.45, 7) is 6.89. The maximum absolute atomic E-state index is 5.90. The van der Waals surface area contributed by atoms with Crippen LogP contribution in [0.2, 0.25) is 0 Å². The lowest BCUT2D eigenvalue weighted by molar-refractivity contribution is 0.788. The second-order valence-corrected chi connectivity index (χ2v) is 5.43. The summed E-state index contributed by atoms with van der Waals surface area (Å²) >= 11 is 1.67. The maximum atomic E-state index is 5.90. The Morgan fingerprint density at radius 2 is 2.21 bits per heavy atom. The lowest BCUT2D eigenvalue weighted by atomic mass is 10.2. The number of rotatable bonds is 5. The van der Waals surface area contributed by atoms with Gasteiger partial charge < -0.3 is 11.1 Å². The van der Waals surface area contributed by atoms with Crippen LogP contribution < -0.4 is 11.1 Å². The van der Waals surface area contributed by atoms with E-state index in [0.717, 1.165) is 35.2 Å². The Labute approximate surface area is 117 Å². The Morgan fingerprint density at radius 3 is 2.84 bits per heavy atom. The Balaban J connectivity index is 2.09. The van der Waals surface area contributed by atoms with Gasteiger partial charge in [0.1, 0.15) is 17.5 Å². The summed E-state index contributed by atoms with van der Waals surface area (Å²) in [4.78, 5) is 13.1. The van der Waals surface area contributed by atoms with Crippen molar-refractivity contribution in [3.8, 4) is 0 Å². The highest BCUT2D eigenvalue weighted by atomic mass is 32.1. The number of hydrogen-bond donors (Lipinski definition) is 2. The van der Waals surface area contributed by atoms with E-state index in [2.05, 4.69) is 27.2 Å². The molecule has 2 heterocycles. The van der Waals surface area contributed by atoms with E-state index in [4.69, 9.17) is 5.73 Å². The fourth-order valence-corrected chi connectivity index (χ4v) is 2.43. The van der Waals surface area contributed by atoms with Crippen LogP contribution in [0.15, 0.2) is 11.6 Å². The molecule has 2 aromatic rings. The van der Waals surface area contributed by atoms with Crippen LogP contribution in [0.5, 0.6) is 0 Å². The second kappa shape index (κ2) is 5.97. The molecule has 5 nitrogen and oxygen atoms in total. The number of nitrogens with one attached hydrogen (secondary N) is 1. The van der Waals surface area contributed by atoms with Gasteiger partial charge in [0.05, 0.1) is 5.01 Å². The molecule has 0 radical (unpaired) electrons. The van der Waals surface area contributed by atoms with Gasteiger partial charge in [-0.15, -0.1) is 11.3 Å². The molecular weight excluding hydrogens is 258 g/mol. The lowest BCUT2D eigenvalue weighted by Crippen LogP contribution is -2.14. The van der Waals surface area contributed by atoms with E-state index in [0.29, 0.717) is 11.7 Å². The first kappa shape index (κ1) is 13.7. The molecule has 0 aromatic carbocycles. The van der Waals surface area contributed by atoms with Crippen LogP contribution in [0, 0.1) is 6.92 Å². The van der Waals surface area contributed by atoms with Crippen LogP contribution in [0.25, 0.3) is 0 Å². The first-order valence-electron chi connectivity index (χ1n) is 6.38. The van der Waals surface area contributed by atoms with Crippen molar-refractivity contribution in [2.75, 3.05) is 17.6 Å². The second-order valence-electron chi connectivity index (χ2n) is 4.50. The van der Waals surface area contributed by atoms with Crippen LogP contribution in [0.1, 0.15) is 36.2 Å². The van der Waals surface area contributed by atoms with E-state index in [9.17, 15) is 0 Å². The minimum Gasteiger partial charge on any atom is -0.383 e.